The fourth-order valence-electron chi connectivity index (χ4n) is 2.46. The van der Waals surface area contributed by atoms with Crippen molar-refractivity contribution in [1.29, 1.82) is 0 Å². The number of nitrogens with zero attached hydrogens (tertiary/aromatic N) is 2. The van der Waals surface area contributed by atoms with Crippen molar-refractivity contribution in [2.24, 2.45) is 0 Å². The van der Waals surface area contributed by atoms with Gasteiger partial charge in [0, 0.05) is 18.1 Å². The van der Waals surface area contributed by atoms with Crippen LogP contribution in [0, 0.1) is 0 Å². The van der Waals surface area contributed by atoms with Crippen molar-refractivity contribution in [3.63, 3.8) is 0 Å². The lowest BCUT2D eigenvalue weighted by Gasteiger charge is -2.13. The standard InChI is InChI=1S/C19H14ClN3O5S/c1-28-18(26)13-9-12(2-3-14(13)20)22-16(24)10-23-17(25)15(29-19(23)27)8-11-4-6-21-7-5-11/h2-9H,10H2,1H3,(H,22,24)/b15-8+. The first-order valence-electron chi connectivity index (χ1n) is 8.22. The molecule has 1 aromatic heterocycles. The lowest BCUT2D eigenvalue weighted by atomic mass is 10.2. The van der Waals surface area contributed by atoms with E-state index in [1.54, 1.807) is 30.6 Å². The van der Waals surface area contributed by atoms with E-state index in [2.05, 4.69) is 15.0 Å². The minimum Gasteiger partial charge on any atom is -0.465 e. The van der Waals surface area contributed by atoms with Crippen molar-refractivity contribution in [3.8, 4) is 0 Å². The predicted octanol–water partition coefficient (Wildman–Crippen LogP) is 3.20. The van der Waals surface area contributed by atoms with E-state index in [1.807, 2.05) is 0 Å². The molecule has 2 aromatic rings. The summed E-state index contributed by atoms with van der Waals surface area (Å²) in [5.74, 6) is -1.81. The molecule has 0 spiro atoms. The Bertz CT molecular complexity index is 1030. The third-order valence-corrected chi connectivity index (χ3v) is 5.07. The van der Waals surface area contributed by atoms with Crippen molar-refractivity contribution in [2.75, 3.05) is 19.0 Å². The summed E-state index contributed by atoms with van der Waals surface area (Å²) in [4.78, 5) is 53.6. The lowest BCUT2D eigenvalue weighted by molar-refractivity contribution is -0.127. The smallest absolute Gasteiger partial charge is 0.339 e. The van der Waals surface area contributed by atoms with Crippen molar-refractivity contribution in [2.45, 2.75) is 0 Å². The van der Waals surface area contributed by atoms with Crippen molar-refractivity contribution < 1.29 is 23.9 Å². The number of hydrogen-bond acceptors (Lipinski definition) is 7. The lowest BCUT2D eigenvalue weighted by Crippen LogP contribution is -2.36. The molecule has 0 radical (unpaired) electrons. The third-order valence-electron chi connectivity index (χ3n) is 3.83. The van der Waals surface area contributed by atoms with Gasteiger partial charge in [0.2, 0.25) is 5.91 Å². The van der Waals surface area contributed by atoms with Gasteiger partial charge in [-0.1, -0.05) is 11.6 Å². The van der Waals surface area contributed by atoms with Gasteiger partial charge in [-0.25, -0.2) is 4.79 Å². The summed E-state index contributed by atoms with van der Waals surface area (Å²) in [7, 11) is 1.21. The molecular formula is C19H14ClN3O5S. The van der Waals surface area contributed by atoms with Gasteiger partial charge >= 0.3 is 5.97 Å². The number of benzene rings is 1. The largest absolute Gasteiger partial charge is 0.465 e. The minimum absolute atomic E-state index is 0.0819. The van der Waals surface area contributed by atoms with Crippen LogP contribution in [-0.2, 0) is 14.3 Å². The average Bonchev–Trinajstić information content (AvgIpc) is 2.97. The molecular weight excluding hydrogens is 418 g/mol. The highest BCUT2D eigenvalue weighted by Gasteiger charge is 2.36. The molecule has 29 heavy (non-hydrogen) atoms. The summed E-state index contributed by atoms with van der Waals surface area (Å²) >= 11 is 6.70. The Morgan fingerprint density at radius 2 is 1.97 bits per heavy atom. The Morgan fingerprint density at radius 1 is 1.24 bits per heavy atom. The number of esters is 1. The summed E-state index contributed by atoms with van der Waals surface area (Å²) in [6.45, 7) is -0.464. The fourth-order valence-corrected chi connectivity index (χ4v) is 3.49. The number of methoxy groups -OCH3 is 1. The quantitative estimate of drug-likeness (QED) is 0.572. The van der Waals surface area contributed by atoms with Crippen LogP contribution >= 0.6 is 23.4 Å². The van der Waals surface area contributed by atoms with Gasteiger partial charge in [-0.05, 0) is 53.7 Å². The average molecular weight is 432 g/mol. The van der Waals surface area contributed by atoms with Crippen LogP contribution < -0.4 is 5.32 Å². The number of rotatable bonds is 5. The Labute approximate surface area is 174 Å². The molecule has 1 N–H and O–H groups in total. The molecule has 0 saturated carbocycles. The maximum absolute atomic E-state index is 12.5. The van der Waals surface area contributed by atoms with E-state index in [-0.39, 0.29) is 21.2 Å². The Kier molecular flexibility index (Phi) is 6.30. The van der Waals surface area contributed by atoms with Crippen LogP contribution in [0.15, 0.2) is 47.6 Å². The zero-order valence-electron chi connectivity index (χ0n) is 15.0. The molecule has 0 atom stereocenters. The zero-order chi connectivity index (χ0) is 21.0. The van der Waals surface area contributed by atoms with Crippen LogP contribution in [0.25, 0.3) is 6.08 Å². The summed E-state index contributed by atoms with van der Waals surface area (Å²) < 4.78 is 4.63. The number of ether oxygens (including phenoxy) is 1. The normalized spacial score (nSPS) is 15.0. The van der Waals surface area contributed by atoms with Gasteiger partial charge in [0.25, 0.3) is 11.1 Å². The van der Waals surface area contributed by atoms with Gasteiger partial charge in [-0.2, -0.15) is 0 Å². The van der Waals surface area contributed by atoms with Crippen LogP contribution in [0.3, 0.4) is 0 Å². The van der Waals surface area contributed by atoms with E-state index in [4.69, 9.17) is 11.6 Å². The second-order valence-electron chi connectivity index (χ2n) is 5.78. The van der Waals surface area contributed by atoms with Crippen LogP contribution in [-0.4, -0.2) is 46.6 Å². The molecule has 0 bridgehead atoms. The highest BCUT2D eigenvalue weighted by Crippen LogP contribution is 2.32. The van der Waals surface area contributed by atoms with E-state index in [0.29, 0.717) is 5.56 Å². The Balaban J connectivity index is 1.69. The molecule has 0 unspecified atom stereocenters. The summed E-state index contributed by atoms with van der Waals surface area (Å²) in [6.07, 6.45) is 4.70. The van der Waals surface area contributed by atoms with Crippen LogP contribution in [0.2, 0.25) is 5.02 Å². The monoisotopic (exact) mass is 431 g/mol. The van der Waals surface area contributed by atoms with Crippen LogP contribution in [0.4, 0.5) is 10.5 Å². The number of imide groups is 1. The van der Waals surface area contributed by atoms with Crippen LogP contribution in [0.5, 0.6) is 0 Å². The van der Waals surface area contributed by atoms with E-state index in [0.717, 1.165) is 16.7 Å². The maximum Gasteiger partial charge on any atom is 0.339 e. The number of anilines is 1. The van der Waals surface area contributed by atoms with E-state index in [9.17, 15) is 19.2 Å². The molecule has 1 aliphatic heterocycles. The predicted molar refractivity (Wildman–Crippen MR) is 108 cm³/mol. The summed E-state index contributed by atoms with van der Waals surface area (Å²) in [5, 5.41) is 2.16. The third kappa shape index (κ3) is 4.82. The number of aromatic nitrogens is 1. The fraction of sp³-hybridized carbons (Fsp3) is 0.105. The summed E-state index contributed by atoms with van der Waals surface area (Å²) in [6, 6.07) is 7.66. The minimum atomic E-state index is -0.654. The number of hydrogen-bond donors (Lipinski definition) is 1. The number of thioether (sulfide) groups is 1. The van der Waals surface area contributed by atoms with E-state index >= 15 is 0 Å². The first kappa shape index (κ1) is 20.6. The Hall–Kier alpha value is -3.17. The Morgan fingerprint density at radius 3 is 2.66 bits per heavy atom. The van der Waals surface area contributed by atoms with E-state index < -0.39 is 29.6 Å². The van der Waals surface area contributed by atoms with Gasteiger partial charge in [0.15, 0.2) is 0 Å². The molecule has 8 nitrogen and oxygen atoms in total. The first-order valence-corrected chi connectivity index (χ1v) is 9.41. The van der Waals surface area contributed by atoms with Gasteiger partial charge in [-0.15, -0.1) is 0 Å². The number of pyridine rings is 1. The summed E-state index contributed by atoms with van der Waals surface area (Å²) in [5.41, 5.74) is 1.07. The van der Waals surface area contributed by atoms with Crippen molar-refractivity contribution in [3.05, 3.63) is 63.8 Å². The second-order valence-corrected chi connectivity index (χ2v) is 7.18. The molecule has 0 aliphatic carbocycles. The molecule has 2 heterocycles. The van der Waals surface area contributed by atoms with Crippen molar-refractivity contribution >= 4 is 58.1 Å². The van der Waals surface area contributed by atoms with Crippen molar-refractivity contribution in [1.82, 2.24) is 9.88 Å². The second kappa shape index (κ2) is 8.89. The number of nitrogens with one attached hydrogen (secondary N) is 1. The van der Waals surface area contributed by atoms with Gasteiger partial charge < -0.3 is 10.1 Å². The molecule has 1 saturated heterocycles. The SMILES string of the molecule is COC(=O)c1cc(NC(=O)CN2C(=O)S/C(=C/c3ccncc3)C2=O)ccc1Cl. The zero-order valence-corrected chi connectivity index (χ0v) is 16.6. The molecule has 1 aromatic carbocycles. The molecule has 148 valence electrons. The van der Waals surface area contributed by atoms with E-state index in [1.165, 1.54) is 25.3 Å². The number of amides is 3. The molecule has 1 aliphatic rings. The highest BCUT2D eigenvalue weighted by molar-refractivity contribution is 8.18. The number of halogens is 1. The van der Waals surface area contributed by atoms with Gasteiger partial charge in [-0.3, -0.25) is 24.3 Å². The van der Waals surface area contributed by atoms with Crippen LogP contribution in [0.1, 0.15) is 15.9 Å². The highest BCUT2D eigenvalue weighted by atomic mass is 35.5. The molecule has 3 amide bonds. The molecule has 3 rings (SSSR count). The number of carbonyl (C=O) groups is 4. The topological polar surface area (TPSA) is 106 Å². The maximum atomic E-state index is 12.5. The molecule has 10 heteroatoms. The molecule has 1 fully saturated rings. The van der Waals surface area contributed by atoms with Gasteiger partial charge in [0.05, 0.1) is 22.6 Å². The first-order chi connectivity index (χ1) is 13.9. The number of carbonyl (C=O) groups excluding carboxylic acids is 4. The van der Waals surface area contributed by atoms with Gasteiger partial charge in [0.1, 0.15) is 6.54 Å².